The van der Waals surface area contributed by atoms with Crippen LogP contribution in [0.5, 0.6) is 0 Å². The number of amides is 1. The number of nitrogens with zero attached hydrogens (tertiary/aromatic N) is 3. The maximum absolute atomic E-state index is 12.3. The molecular formula is C15H17N5OS2. The molecular weight excluding hydrogens is 330 g/mol. The van der Waals surface area contributed by atoms with Gasteiger partial charge in [-0.05, 0) is 32.9 Å². The smallest absolute Gasteiger partial charge is 0.237 e. The van der Waals surface area contributed by atoms with Crippen molar-refractivity contribution in [3.63, 3.8) is 0 Å². The van der Waals surface area contributed by atoms with Crippen LogP contribution in [-0.2, 0) is 4.79 Å². The van der Waals surface area contributed by atoms with E-state index >= 15 is 0 Å². The van der Waals surface area contributed by atoms with Crippen molar-refractivity contribution in [1.82, 2.24) is 10.2 Å². The van der Waals surface area contributed by atoms with Gasteiger partial charge in [-0.1, -0.05) is 35.2 Å². The van der Waals surface area contributed by atoms with Crippen molar-refractivity contribution in [3.8, 4) is 6.07 Å². The molecule has 6 nitrogen and oxygen atoms in total. The summed E-state index contributed by atoms with van der Waals surface area (Å²) in [6, 6.07) is 9.26. The average Bonchev–Trinajstić information content (AvgIpc) is 2.93. The fourth-order valence-electron chi connectivity index (χ4n) is 1.69. The van der Waals surface area contributed by atoms with Crippen LogP contribution < -0.4 is 10.6 Å². The summed E-state index contributed by atoms with van der Waals surface area (Å²) in [4.78, 5) is 12.3. The normalized spacial score (nSPS) is 11.8. The number of carbonyl (C=O) groups is 1. The molecule has 0 unspecified atom stereocenters. The fourth-order valence-corrected chi connectivity index (χ4v) is 3.73. The lowest BCUT2D eigenvalue weighted by molar-refractivity contribution is -0.115. The molecule has 1 atom stereocenters. The Morgan fingerprint density at radius 3 is 2.74 bits per heavy atom. The molecule has 0 aliphatic rings. The summed E-state index contributed by atoms with van der Waals surface area (Å²) in [5.74, 6) is -0.175. The Balaban J connectivity index is 1.97. The minimum Gasteiger partial charge on any atom is -0.358 e. The summed E-state index contributed by atoms with van der Waals surface area (Å²) in [6.45, 7) is 5.85. The van der Waals surface area contributed by atoms with E-state index in [9.17, 15) is 4.79 Å². The van der Waals surface area contributed by atoms with Crippen molar-refractivity contribution < 1.29 is 4.79 Å². The third-order valence-corrected chi connectivity index (χ3v) is 4.81. The number of hydrogen-bond donors (Lipinski definition) is 2. The average molecular weight is 347 g/mol. The first-order valence-electron chi connectivity index (χ1n) is 7.06. The van der Waals surface area contributed by atoms with E-state index in [4.69, 9.17) is 5.26 Å². The number of aromatic nitrogens is 2. The topological polar surface area (TPSA) is 90.7 Å². The second-order valence-corrected chi connectivity index (χ2v) is 7.64. The van der Waals surface area contributed by atoms with Crippen LogP contribution in [0.3, 0.4) is 0 Å². The Morgan fingerprint density at radius 1 is 1.30 bits per heavy atom. The van der Waals surface area contributed by atoms with Gasteiger partial charge in [-0.3, -0.25) is 4.79 Å². The van der Waals surface area contributed by atoms with Gasteiger partial charge in [0.05, 0.1) is 16.5 Å². The number of anilines is 2. The zero-order valence-electron chi connectivity index (χ0n) is 13.0. The van der Waals surface area contributed by atoms with Crippen LogP contribution in [0.1, 0.15) is 26.3 Å². The molecule has 0 fully saturated rings. The number of hydrogen-bond acceptors (Lipinski definition) is 7. The molecule has 23 heavy (non-hydrogen) atoms. The van der Waals surface area contributed by atoms with Gasteiger partial charge in [0.15, 0.2) is 4.34 Å². The first-order valence-corrected chi connectivity index (χ1v) is 8.76. The largest absolute Gasteiger partial charge is 0.358 e. The molecule has 2 aromatic rings. The van der Waals surface area contributed by atoms with Gasteiger partial charge in [-0.15, -0.1) is 10.2 Å². The van der Waals surface area contributed by atoms with Gasteiger partial charge >= 0.3 is 0 Å². The second kappa shape index (κ2) is 7.94. The molecule has 2 N–H and O–H groups in total. The molecule has 1 aromatic carbocycles. The van der Waals surface area contributed by atoms with Gasteiger partial charge < -0.3 is 10.6 Å². The van der Waals surface area contributed by atoms with Crippen molar-refractivity contribution in [2.75, 3.05) is 10.6 Å². The van der Waals surface area contributed by atoms with Crippen LogP contribution in [0, 0.1) is 11.3 Å². The Kier molecular flexibility index (Phi) is 5.96. The minimum absolute atomic E-state index is 0.175. The number of nitrogens with one attached hydrogen (secondary N) is 2. The molecule has 120 valence electrons. The van der Waals surface area contributed by atoms with Gasteiger partial charge in [0.1, 0.15) is 6.07 Å². The number of para-hydroxylation sites is 1. The fraction of sp³-hybridized carbons (Fsp3) is 0.333. The molecule has 0 aliphatic heterocycles. The lowest BCUT2D eigenvalue weighted by atomic mass is 10.2. The Labute approximate surface area is 143 Å². The molecule has 0 radical (unpaired) electrons. The number of thioether (sulfide) groups is 1. The first kappa shape index (κ1) is 17.2. The SMILES string of the molecule is CC(C)Nc1nnc(S[C@H](C)C(=O)Nc2ccccc2C#N)s1. The number of rotatable bonds is 6. The third-order valence-electron chi connectivity index (χ3n) is 2.77. The minimum atomic E-state index is -0.346. The molecule has 0 aliphatic carbocycles. The van der Waals surface area contributed by atoms with Crippen LogP contribution >= 0.6 is 23.1 Å². The summed E-state index contributed by atoms with van der Waals surface area (Å²) < 4.78 is 0.726. The molecule has 0 saturated carbocycles. The highest BCUT2D eigenvalue weighted by molar-refractivity contribution is 8.02. The van der Waals surface area contributed by atoms with Gasteiger partial charge in [-0.25, -0.2) is 0 Å². The van der Waals surface area contributed by atoms with Gasteiger partial charge in [0, 0.05) is 6.04 Å². The summed E-state index contributed by atoms with van der Waals surface area (Å²) in [6.07, 6.45) is 0. The summed E-state index contributed by atoms with van der Waals surface area (Å²) in [5, 5.41) is 23.5. The van der Waals surface area contributed by atoms with E-state index in [1.54, 1.807) is 31.2 Å². The predicted molar refractivity (Wildman–Crippen MR) is 93.8 cm³/mol. The molecule has 0 saturated heterocycles. The summed E-state index contributed by atoms with van der Waals surface area (Å²) >= 11 is 2.76. The Bertz CT molecular complexity index is 723. The zero-order valence-corrected chi connectivity index (χ0v) is 14.7. The van der Waals surface area contributed by atoms with E-state index in [-0.39, 0.29) is 17.2 Å². The van der Waals surface area contributed by atoms with E-state index in [2.05, 4.69) is 26.9 Å². The van der Waals surface area contributed by atoms with Gasteiger partial charge in [-0.2, -0.15) is 5.26 Å². The predicted octanol–water partition coefficient (Wildman–Crippen LogP) is 3.35. The standard InChI is InChI=1S/C15H17N5OS2/c1-9(2)17-14-19-20-15(23-14)22-10(3)13(21)18-12-7-5-4-6-11(12)8-16/h4-7,9-10H,1-3H3,(H,17,19)(H,18,21)/t10-/m1/s1. The molecule has 8 heteroatoms. The van der Waals surface area contributed by atoms with E-state index < -0.39 is 0 Å². The van der Waals surface area contributed by atoms with Crippen LogP contribution in [0.4, 0.5) is 10.8 Å². The molecule has 1 aromatic heterocycles. The van der Waals surface area contributed by atoms with Crippen LogP contribution in [-0.4, -0.2) is 27.4 Å². The van der Waals surface area contributed by atoms with Gasteiger partial charge in [0.25, 0.3) is 0 Å². The maximum atomic E-state index is 12.3. The van der Waals surface area contributed by atoms with E-state index in [1.165, 1.54) is 23.1 Å². The van der Waals surface area contributed by atoms with Crippen LogP contribution in [0.2, 0.25) is 0 Å². The van der Waals surface area contributed by atoms with Crippen molar-refractivity contribution >= 4 is 39.8 Å². The van der Waals surface area contributed by atoms with Crippen LogP contribution in [0.25, 0.3) is 0 Å². The Hall–Kier alpha value is -2.11. The summed E-state index contributed by atoms with van der Waals surface area (Å²) in [5.41, 5.74) is 0.962. The highest BCUT2D eigenvalue weighted by atomic mass is 32.2. The molecule has 1 heterocycles. The summed E-state index contributed by atoms with van der Waals surface area (Å²) in [7, 11) is 0. The monoisotopic (exact) mass is 347 g/mol. The lowest BCUT2D eigenvalue weighted by Crippen LogP contribution is -2.22. The molecule has 0 spiro atoms. The van der Waals surface area contributed by atoms with Crippen molar-refractivity contribution in [3.05, 3.63) is 29.8 Å². The number of nitriles is 1. The highest BCUT2D eigenvalue weighted by Crippen LogP contribution is 2.29. The molecule has 1 amide bonds. The zero-order chi connectivity index (χ0) is 16.8. The van der Waals surface area contributed by atoms with Gasteiger partial charge in [0.2, 0.25) is 11.0 Å². The molecule has 0 bridgehead atoms. The quantitative estimate of drug-likeness (QED) is 0.779. The number of carbonyl (C=O) groups excluding carboxylic acids is 1. The van der Waals surface area contributed by atoms with E-state index in [0.29, 0.717) is 11.3 Å². The Morgan fingerprint density at radius 2 is 2.04 bits per heavy atom. The van der Waals surface area contributed by atoms with E-state index in [1.807, 2.05) is 13.8 Å². The van der Waals surface area contributed by atoms with E-state index in [0.717, 1.165) is 9.47 Å². The van der Waals surface area contributed by atoms with Crippen LogP contribution in [0.15, 0.2) is 28.6 Å². The highest BCUT2D eigenvalue weighted by Gasteiger charge is 2.18. The second-order valence-electron chi connectivity index (χ2n) is 5.08. The number of benzene rings is 1. The molecule has 2 rings (SSSR count). The lowest BCUT2D eigenvalue weighted by Gasteiger charge is -2.11. The van der Waals surface area contributed by atoms with Crippen molar-refractivity contribution in [1.29, 1.82) is 5.26 Å². The first-order chi connectivity index (χ1) is 11.0. The maximum Gasteiger partial charge on any atom is 0.237 e. The van der Waals surface area contributed by atoms with Crippen molar-refractivity contribution in [2.24, 2.45) is 0 Å². The van der Waals surface area contributed by atoms with Crippen molar-refractivity contribution in [2.45, 2.75) is 36.4 Å². The third kappa shape index (κ3) is 4.94.